The number of hydrogen-bond donors (Lipinski definition) is 1. The zero-order valence-electron chi connectivity index (χ0n) is 10.6. The second kappa shape index (κ2) is 7.39. The highest BCUT2D eigenvalue weighted by Crippen LogP contribution is 2.15. The average molecular weight is 225 g/mol. The summed E-state index contributed by atoms with van der Waals surface area (Å²) in [5.41, 5.74) is 0. The molecule has 0 bridgehead atoms. The number of aryl methyl sites for hydroxylation is 1. The highest BCUT2D eigenvalue weighted by atomic mass is 16.4. The van der Waals surface area contributed by atoms with Crippen LogP contribution >= 0.6 is 0 Å². The molecule has 0 radical (unpaired) electrons. The van der Waals surface area contributed by atoms with Gasteiger partial charge in [-0.3, -0.25) is 0 Å². The zero-order valence-corrected chi connectivity index (χ0v) is 10.6. The van der Waals surface area contributed by atoms with Crippen molar-refractivity contribution in [1.82, 2.24) is 15.5 Å². The number of nitrogens with one attached hydrogen (secondary N) is 1. The van der Waals surface area contributed by atoms with Gasteiger partial charge in [0.25, 0.3) is 0 Å². The van der Waals surface area contributed by atoms with Gasteiger partial charge in [0, 0.05) is 6.42 Å². The summed E-state index contributed by atoms with van der Waals surface area (Å²) >= 11 is 0. The predicted octanol–water partition coefficient (Wildman–Crippen LogP) is 2.86. The van der Waals surface area contributed by atoms with Gasteiger partial charge in [-0.05, 0) is 19.9 Å². The molecule has 0 aliphatic carbocycles. The van der Waals surface area contributed by atoms with Gasteiger partial charge in [0.05, 0.1) is 6.04 Å². The molecular weight excluding hydrogens is 202 g/mol. The summed E-state index contributed by atoms with van der Waals surface area (Å²) in [6.45, 7) is 4.32. The Bertz CT molecular complexity index is 282. The van der Waals surface area contributed by atoms with E-state index in [4.69, 9.17) is 4.42 Å². The van der Waals surface area contributed by atoms with Crippen molar-refractivity contribution in [2.24, 2.45) is 0 Å². The van der Waals surface area contributed by atoms with Gasteiger partial charge < -0.3 is 9.73 Å². The molecule has 0 amide bonds. The van der Waals surface area contributed by atoms with Crippen LogP contribution in [0.25, 0.3) is 0 Å². The Morgan fingerprint density at radius 2 is 2.00 bits per heavy atom. The first-order valence-electron chi connectivity index (χ1n) is 6.31. The predicted molar refractivity (Wildman–Crippen MR) is 64.2 cm³/mol. The Morgan fingerprint density at radius 1 is 1.19 bits per heavy atom. The lowest BCUT2D eigenvalue weighted by atomic mass is 10.1. The van der Waals surface area contributed by atoms with Gasteiger partial charge in [-0.25, -0.2) is 0 Å². The van der Waals surface area contributed by atoms with E-state index in [2.05, 4.69) is 29.4 Å². The highest BCUT2D eigenvalue weighted by Gasteiger charge is 2.14. The van der Waals surface area contributed by atoms with Crippen molar-refractivity contribution in [2.45, 2.75) is 58.4 Å². The van der Waals surface area contributed by atoms with E-state index in [1.807, 2.05) is 7.05 Å². The molecule has 1 heterocycles. The summed E-state index contributed by atoms with van der Waals surface area (Å²) < 4.78 is 5.62. The molecule has 0 saturated carbocycles. The van der Waals surface area contributed by atoms with Crippen LogP contribution in [-0.2, 0) is 6.42 Å². The van der Waals surface area contributed by atoms with E-state index >= 15 is 0 Å². The molecule has 0 fully saturated rings. The Morgan fingerprint density at radius 3 is 2.62 bits per heavy atom. The molecule has 1 aromatic rings. The van der Waals surface area contributed by atoms with Crippen LogP contribution in [0, 0.1) is 0 Å². The third kappa shape index (κ3) is 3.93. The lowest BCUT2D eigenvalue weighted by Gasteiger charge is -2.07. The van der Waals surface area contributed by atoms with Crippen molar-refractivity contribution >= 4 is 0 Å². The van der Waals surface area contributed by atoms with Crippen molar-refractivity contribution < 1.29 is 4.42 Å². The Hall–Kier alpha value is -0.900. The van der Waals surface area contributed by atoms with Gasteiger partial charge in [-0.1, -0.05) is 33.1 Å². The third-order valence-electron chi connectivity index (χ3n) is 2.78. The molecule has 0 spiro atoms. The van der Waals surface area contributed by atoms with E-state index < -0.39 is 0 Å². The summed E-state index contributed by atoms with van der Waals surface area (Å²) in [5, 5.41) is 11.3. The van der Waals surface area contributed by atoms with Gasteiger partial charge in [0.15, 0.2) is 0 Å². The summed E-state index contributed by atoms with van der Waals surface area (Å²) in [4.78, 5) is 0. The molecule has 1 N–H and O–H groups in total. The van der Waals surface area contributed by atoms with Crippen LogP contribution in [0.3, 0.4) is 0 Å². The molecule has 0 saturated heterocycles. The molecule has 16 heavy (non-hydrogen) atoms. The average Bonchev–Trinajstić information content (AvgIpc) is 2.75. The minimum atomic E-state index is 0.192. The maximum Gasteiger partial charge on any atom is 0.233 e. The SMILES string of the molecule is CCCCCCc1nnc(C(CC)NC)o1. The van der Waals surface area contributed by atoms with Crippen LogP contribution in [-0.4, -0.2) is 17.2 Å². The van der Waals surface area contributed by atoms with Crippen molar-refractivity contribution in [2.75, 3.05) is 7.05 Å². The number of unbranched alkanes of at least 4 members (excludes halogenated alkanes) is 3. The molecule has 0 aliphatic rings. The van der Waals surface area contributed by atoms with Crippen LogP contribution < -0.4 is 5.32 Å². The minimum absolute atomic E-state index is 0.192. The number of nitrogens with zero attached hydrogens (tertiary/aromatic N) is 2. The maximum atomic E-state index is 5.62. The van der Waals surface area contributed by atoms with Gasteiger partial charge >= 0.3 is 0 Å². The van der Waals surface area contributed by atoms with E-state index in [0.29, 0.717) is 0 Å². The fourth-order valence-corrected chi connectivity index (χ4v) is 1.71. The molecule has 4 heteroatoms. The van der Waals surface area contributed by atoms with E-state index in [-0.39, 0.29) is 6.04 Å². The number of aromatic nitrogens is 2. The van der Waals surface area contributed by atoms with E-state index in [9.17, 15) is 0 Å². The van der Waals surface area contributed by atoms with Gasteiger partial charge in [-0.15, -0.1) is 10.2 Å². The highest BCUT2D eigenvalue weighted by molar-refractivity contribution is 4.89. The lowest BCUT2D eigenvalue weighted by Crippen LogP contribution is -2.15. The lowest BCUT2D eigenvalue weighted by molar-refractivity contribution is 0.383. The van der Waals surface area contributed by atoms with Crippen LogP contribution in [0.2, 0.25) is 0 Å². The fourth-order valence-electron chi connectivity index (χ4n) is 1.71. The minimum Gasteiger partial charge on any atom is -0.424 e. The molecule has 0 aliphatic heterocycles. The van der Waals surface area contributed by atoms with Crippen LogP contribution in [0.1, 0.15) is 63.8 Å². The molecule has 4 nitrogen and oxygen atoms in total. The summed E-state index contributed by atoms with van der Waals surface area (Å²) in [6, 6.07) is 0.192. The molecular formula is C12H23N3O. The number of hydrogen-bond acceptors (Lipinski definition) is 4. The Balaban J connectivity index is 2.38. The molecule has 1 unspecified atom stereocenters. The standard InChI is InChI=1S/C12H23N3O/c1-4-6-7-8-9-11-14-15-12(16-11)10(5-2)13-3/h10,13H,4-9H2,1-3H3. The van der Waals surface area contributed by atoms with E-state index in [1.54, 1.807) is 0 Å². The fraction of sp³-hybridized carbons (Fsp3) is 0.833. The largest absolute Gasteiger partial charge is 0.424 e. The van der Waals surface area contributed by atoms with Crippen molar-refractivity contribution in [3.8, 4) is 0 Å². The third-order valence-corrected chi connectivity index (χ3v) is 2.78. The monoisotopic (exact) mass is 225 g/mol. The first kappa shape index (κ1) is 13.2. The molecule has 1 atom stereocenters. The van der Waals surface area contributed by atoms with Crippen molar-refractivity contribution in [3.05, 3.63) is 11.8 Å². The van der Waals surface area contributed by atoms with Crippen molar-refractivity contribution in [1.29, 1.82) is 0 Å². The second-order valence-corrected chi connectivity index (χ2v) is 4.09. The van der Waals surface area contributed by atoms with Crippen molar-refractivity contribution in [3.63, 3.8) is 0 Å². The normalized spacial score (nSPS) is 12.9. The molecule has 0 aromatic carbocycles. The first-order chi connectivity index (χ1) is 7.81. The topological polar surface area (TPSA) is 51.0 Å². The summed E-state index contributed by atoms with van der Waals surface area (Å²) in [6.07, 6.45) is 6.81. The first-order valence-corrected chi connectivity index (χ1v) is 6.31. The van der Waals surface area contributed by atoms with Crippen LogP contribution in [0.4, 0.5) is 0 Å². The zero-order chi connectivity index (χ0) is 11.8. The Labute approximate surface area is 97.8 Å². The number of rotatable bonds is 8. The molecule has 1 rings (SSSR count). The van der Waals surface area contributed by atoms with E-state index in [1.165, 1.54) is 19.3 Å². The summed E-state index contributed by atoms with van der Waals surface area (Å²) in [5.74, 6) is 1.50. The quantitative estimate of drug-likeness (QED) is 0.691. The smallest absolute Gasteiger partial charge is 0.233 e. The van der Waals surface area contributed by atoms with E-state index in [0.717, 1.165) is 31.0 Å². The van der Waals surface area contributed by atoms with Gasteiger partial charge in [0.2, 0.25) is 11.8 Å². The summed E-state index contributed by atoms with van der Waals surface area (Å²) in [7, 11) is 1.92. The molecule has 1 aromatic heterocycles. The molecule has 92 valence electrons. The maximum absolute atomic E-state index is 5.62. The van der Waals surface area contributed by atoms with Gasteiger partial charge in [0.1, 0.15) is 0 Å². The Kier molecular flexibility index (Phi) is 6.08. The van der Waals surface area contributed by atoms with Crippen LogP contribution in [0.5, 0.6) is 0 Å². The van der Waals surface area contributed by atoms with Gasteiger partial charge in [-0.2, -0.15) is 0 Å². The second-order valence-electron chi connectivity index (χ2n) is 4.09. The van der Waals surface area contributed by atoms with Crippen LogP contribution in [0.15, 0.2) is 4.42 Å².